The fourth-order valence-corrected chi connectivity index (χ4v) is 2.97. The second-order valence-corrected chi connectivity index (χ2v) is 5.98. The van der Waals surface area contributed by atoms with Crippen molar-refractivity contribution >= 4 is 22.6 Å². The van der Waals surface area contributed by atoms with Crippen molar-refractivity contribution in [3.8, 4) is 11.4 Å². The Labute approximate surface area is 145 Å². The second-order valence-electron chi connectivity index (χ2n) is 5.98. The maximum absolute atomic E-state index is 12.2. The molecule has 1 aliphatic rings. The van der Waals surface area contributed by atoms with Crippen LogP contribution in [0.4, 0.5) is 5.69 Å². The molecule has 2 aromatic carbocycles. The van der Waals surface area contributed by atoms with E-state index in [-0.39, 0.29) is 5.91 Å². The first-order chi connectivity index (χ1) is 12.2. The Morgan fingerprint density at radius 2 is 1.96 bits per heavy atom. The van der Waals surface area contributed by atoms with Crippen molar-refractivity contribution in [2.75, 3.05) is 25.1 Å². The van der Waals surface area contributed by atoms with Gasteiger partial charge in [-0.15, -0.1) is 0 Å². The predicted molar refractivity (Wildman–Crippen MR) is 95.3 cm³/mol. The summed E-state index contributed by atoms with van der Waals surface area (Å²) in [5, 5.41) is 2.86. The van der Waals surface area contributed by atoms with Crippen molar-refractivity contribution in [2.24, 2.45) is 7.05 Å². The molecule has 1 aliphatic heterocycles. The van der Waals surface area contributed by atoms with Crippen molar-refractivity contribution in [1.29, 1.82) is 0 Å². The summed E-state index contributed by atoms with van der Waals surface area (Å²) in [7, 11) is 2.00. The molecule has 4 rings (SSSR count). The Morgan fingerprint density at radius 3 is 2.68 bits per heavy atom. The highest BCUT2D eigenvalue weighted by molar-refractivity contribution is 5.94. The highest BCUT2D eigenvalue weighted by Gasteiger charge is 2.22. The molecule has 1 amide bonds. The first-order valence-corrected chi connectivity index (χ1v) is 8.24. The zero-order valence-electron chi connectivity index (χ0n) is 13.9. The number of ether oxygens (including phenoxy) is 2. The summed E-state index contributed by atoms with van der Waals surface area (Å²) in [6.45, 7) is 1.28. The van der Waals surface area contributed by atoms with Crippen molar-refractivity contribution in [1.82, 2.24) is 9.55 Å². The summed E-state index contributed by atoms with van der Waals surface area (Å²) in [5.41, 5.74) is 3.77. The number of imidazole rings is 1. The van der Waals surface area contributed by atoms with Gasteiger partial charge in [-0.05, 0) is 36.4 Å². The standard InChI is InChI=1S/C19H19N3O3/c1-22-16-5-3-2-4-15(16)21-18(22)13-6-8-14(9-7-13)20-19(23)17-12-24-10-11-25-17/h2-9,17H,10-12H2,1H3,(H,20,23)/t17-/m1/s1. The predicted octanol–water partition coefficient (Wildman–Crippen LogP) is 2.59. The van der Waals surface area contributed by atoms with Crippen LogP contribution in [-0.4, -0.2) is 41.4 Å². The molecule has 1 fully saturated rings. The van der Waals surface area contributed by atoms with Crippen LogP contribution < -0.4 is 5.32 Å². The number of carbonyl (C=O) groups is 1. The summed E-state index contributed by atoms with van der Waals surface area (Å²) in [5.74, 6) is 0.707. The van der Waals surface area contributed by atoms with Crippen molar-refractivity contribution in [3.05, 3.63) is 48.5 Å². The zero-order valence-corrected chi connectivity index (χ0v) is 13.9. The minimum absolute atomic E-state index is 0.185. The summed E-state index contributed by atoms with van der Waals surface area (Å²) in [6.07, 6.45) is -0.548. The number of rotatable bonds is 3. The van der Waals surface area contributed by atoms with E-state index < -0.39 is 6.10 Å². The molecule has 0 spiro atoms. The molecular formula is C19H19N3O3. The minimum Gasteiger partial charge on any atom is -0.376 e. The summed E-state index contributed by atoms with van der Waals surface area (Å²) < 4.78 is 12.7. The van der Waals surface area contributed by atoms with E-state index in [0.29, 0.717) is 19.8 Å². The summed E-state index contributed by atoms with van der Waals surface area (Å²) in [4.78, 5) is 16.8. The molecule has 0 saturated carbocycles. The molecule has 0 bridgehead atoms. The lowest BCUT2D eigenvalue weighted by Gasteiger charge is -2.22. The van der Waals surface area contributed by atoms with E-state index >= 15 is 0 Å². The van der Waals surface area contributed by atoms with Gasteiger partial charge in [-0.3, -0.25) is 4.79 Å². The third kappa shape index (κ3) is 3.14. The number of para-hydroxylation sites is 2. The molecule has 6 nitrogen and oxygen atoms in total. The van der Waals surface area contributed by atoms with Gasteiger partial charge >= 0.3 is 0 Å². The number of aromatic nitrogens is 2. The third-order valence-electron chi connectivity index (χ3n) is 4.31. The Bertz CT molecular complexity index is 896. The molecule has 0 radical (unpaired) electrons. The van der Waals surface area contributed by atoms with E-state index in [1.54, 1.807) is 0 Å². The Balaban J connectivity index is 1.53. The normalized spacial score (nSPS) is 17.6. The topological polar surface area (TPSA) is 65.4 Å². The number of anilines is 1. The van der Waals surface area contributed by atoms with E-state index in [2.05, 4.69) is 14.9 Å². The van der Waals surface area contributed by atoms with Crippen molar-refractivity contribution in [3.63, 3.8) is 0 Å². The molecule has 0 aliphatic carbocycles. The smallest absolute Gasteiger partial charge is 0.255 e. The van der Waals surface area contributed by atoms with Crippen LogP contribution in [0.1, 0.15) is 0 Å². The Kier molecular flexibility index (Phi) is 4.21. The first kappa shape index (κ1) is 15.8. The zero-order chi connectivity index (χ0) is 17.2. The third-order valence-corrected chi connectivity index (χ3v) is 4.31. The highest BCUT2D eigenvalue weighted by atomic mass is 16.6. The fourth-order valence-electron chi connectivity index (χ4n) is 2.97. The molecule has 128 valence electrons. The van der Waals surface area contributed by atoms with Gasteiger partial charge in [-0.1, -0.05) is 12.1 Å². The number of benzene rings is 2. The number of hydrogen-bond donors (Lipinski definition) is 1. The number of aryl methyl sites for hydroxylation is 1. The molecule has 1 aromatic heterocycles. The van der Waals surface area contributed by atoms with Gasteiger partial charge in [0.1, 0.15) is 5.82 Å². The van der Waals surface area contributed by atoms with Gasteiger partial charge in [-0.25, -0.2) is 4.98 Å². The quantitative estimate of drug-likeness (QED) is 0.798. The van der Waals surface area contributed by atoms with Gasteiger partial charge in [0.05, 0.1) is 30.9 Å². The van der Waals surface area contributed by atoms with Crippen LogP contribution in [-0.2, 0) is 21.3 Å². The molecule has 3 aromatic rings. The number of amides is 1. The van der Waals surface area contributed by atoms with Gasteiger partial charge in [0.25, 0.3) is 5.91 Å². The largest absolute Gasteiger partial charge is 0.376 e. The highest BCUT2D eigenvalue weighted by Crippen LogP contribution is 2.24. The van der Waals surface area contributed by atoms with Gasteiger partial charge in [0.15, 0.2) is 6.10 Å². The fraction of sp³-hybridized carbons (Fsp3) is 0.263. The van der Waals surface area contributed by atoms with Gasteiger partial charge in [0, 0.05) is 18.3 Å². The average Bonchev–Trinajstić information content (AvgIpc) is 3.00. The molecule has 1 N–H and O–H groups in total. The lowest BCUT2D eigenvalue weighted by atomic mass is 10.2. The first-order valence-electron chi connectivity index (χ1n) is 8.24. The van der Waals surface area contributed by atoms with Gasteiger partial charge in [0.2, 0.25) is 0 Å². The monoisotopic (exact) mass is 337 g/mol. The SMILES string of the molecule is Cn1c(-c2ccc(NC(=O)[C@H]3COCCO3)cc2)nc2ccccc21. The van der Waals surface area contributed by atoms with E-state index in [4.69, 9.17) is 9.47 Å². The van der Waals surface area contributed by atoms with Crippen LogP contribution in [0.15, 0.2) is 48.5 Å². The Hall–Kier alpha value is -2.70. The van der Waals surface area contributed by atoms with E-state index in [1.165, 1.54) is 0 Å². The maximum Gasteiger partial charge on any atom is 0.255 e. The number of fused-ring (bicyclic) bond motifs is 1. The molecule has 6 heteroatoms. The van der Waals surface area contributed by atoms with Crippen LogP contribution in [0.5, 0.6) is 0 Å². The van der Waals surface area contributed by atoms with Gasteiger partial charge in [-0.2, -0.15) is 0 Å². The van der Waals surface area contributed by atoms with Crippen molar-refractivity contribution in [2.45, 2.75) is 6.10 Å². The summed E-state index contributed by atoms with van der Waals surface area (Å²) >= 11 is 0. The van der Waals surface area contributed by atoms with Crippen LogP contribution in [0.25, 0.3) is 22.4 Å². The molecule has 1 atom stereocenters. The Morgan fingerprint density at radius 1 is 1.16 bits per heavy atom. The molecular weight excluding hydrogens is 318 g/mol. The van der Waals surface area contributed by atoms with Crippen LogP contribution in [0, 0.1) is 0 Å². The molecule has 25 heavy (non-hydrogen) atoms. The van der Waals surface area contributed by atoms with Crippen LogP contribution in [0.2, 0.25) is 0 Å². The molecule has 2 heterocycles. The lowest BCUT2D eigenvalue weighted by molar-refractivity contribution is -0.142. The summed E-state index contributed by atoms with van der Waals surface area (Å²) in [6, 6.07) is 15.7. The van der Waals surface area contributed by atoms with Crippen molar-refractivity contribution < 1.29 is 14.3 Å². The number of hydrogen-bond acceptors (Lipinski definition) is 4. The van der Waals surface area contributed by atoms with E-state index in [1.807, 2.05) is 55.6 Å². The second kappa shape index (κ2) is 6.66. The number of nitrogens with zero attached hydrogens (tertiary/aromatic N) is 2. The van der Waals surface area contributed by atoms with Crippen LogP contribution in [0.3, 0.4) is 0 Å². The maximum atomic E-state index is 12.2. The molecule has 1 saturated heterocycles. The number of carbonyl (C=O) groups excluding carboxylic acids is 1. The molecule has 0 unspecified atom stereocenters. The lowest BCUT2D eigenvalue weighted by Crippen LogP contribution is -2.39. The number of nitrogens with one attached hydrogen (secondary N) is 1. The average molecular weight is 337 g/mol. The minimum atomic E-state index is -0.548. The van der Waals surface area contributed by atoms with E-state index in [0.717, 1.165) is 28.1 Å². The van der Waals surface area contributed by atoms with Crippen LogP contribution >= 0.6 is 0 Å². The van der Waals surface area contributed by atoms with Gasteiger partial charge < -0.3 is 19.4 Å². The van der Waals surface area contributed by atoms with E-state index in [9.17, 15) is 4.79 Å².